The van der Waals surface area contributed by atoms with Gasteiger partial charge in [0.05, 0.1) is 24.7 Å². The van der Waals surface area contributed by atoms with Gasteiger partial charge in [0.25, 0.3) is 0 Å². The van der Waals surface area contributed by atoms with E-state index in [1.165, 1.54) is 0 Å². The fourth-order valence-corrected chi connectivity index (χ4v) is 3.99. The molecule has 1 N–H and O–H groups in total. The van der Waals surface area contributed by atoms with Crippen LogP contribution in [0.25, 0.3) is 0 Å². The number of ether oxygens (including phenoxy) is 1. The van der Waals surface area contributed by atoms with Gasteiger partial charge in [0, 0.05) is 17.6 Å². The topological polar surface area (TPSA) is 55.4 Å². The zero-order valence-corrected chi connectivity index (χ0v) is 12.2. The quantitative estimate of drug-likeness (QED) is 0.812. The number of hydrogen-bond donors (Lipinski definition) is 1. The lowest BCUT2D eigenvalue weighted by atomic mass is 10.2. The normalized spacial score (nSPS) is 21.6. The van der Waals surface area contributed by atoms with Crippen LogP contribution in [0.1, 0.15) is 12.0 Å². The first-order chi connectivity index (χ1) is 9.07. The van der Waals surface area contributed by atoms with Crippen molar-refractivity contribution in [2.75, 3.05) is 24.7 Å². The first kappa shape index (κ1) is 14.8. The van der Waals surface area contributed by atoms with E-state index in [0.29, 0.717) is 37.0 Å². The van der Waals surface area contributed by atoms with Crippen LogP contribution >= 0.6 is 11.6 Å². The molecule has 0 aromatic heterocycles. The van der Waals surface area contributed by atoms with Crippen molar-refractivity contribution >= 4 is 21.4 Å². The molecule has 0 radical (unpaired) electrons. The van der Waals surface area contributed by atoms with Crippen LogP contribution < -0.4 is 5.32 Å². The fourth-order valence-electron chi connectivity index (χ4n) is 2.09. The third kappa shape index (κ3) is 4.76. The summed E-state index contributed by atoms with van der Waals surface area (Å²) in [6.07, 6.45) is 0.701. The largest absolute Gasteiger partial charge is 0.375 e. The van der Waals surface area contributed by atoms with Crippen LogP contribution in [0.3, 0.4) is 0 Å². The highest BCUT2D eigenvalue weighted by Crippen LogP contribution is 2.15. The highest BCUT2D eigenvalue weighted by molar-refractivity contribution is 7.91. The number of hydrogen-bond acceptors (Lipinski definition) is 4. The molecular formula is C13H18ClNO3S. The van der Waals surface area contributed by atoms with Gasteiger partial charge >= 0.3 is 0 Å². The highest BCUT2D eigenvalue weighted by atomic mass is 35.5. The summed E-state index contributed by atoms with van der Waals surface area (Å²) in [5, 5.41) is 3.91. The minimum Gasteiger partial charge on any atom is -0.375 e. The minimum absolute atomic E-state index is 0.0777. The SMILES string of the molecule is O=S1(=O)CCC(NCCOCc2ccccc2Cl)C1. The van der Waals surface area contributed by atoms with Crippen LogP contribution in [0.4, 0.5) is 0 Å². The summed E-state index contributed by atoms with van der Waals surface area (Å²) in [6.45, 7) is 1.68. The zero-order chi connectivity index (χ0) is 13.7. The molecule has 1 aliphatic heterocycles. The molecule has 106 valence electrons. The highest BCUT2D eigenvalue weighted by Gasteiger charge is 2.26. The second kappa shape index (κ2) is 6.70. The fraction of sp³-hybridized carbons (Fsp3) is 0.538. The molecule has 6 heteroatoms. The maximum Gasteiger partial charge on any atom is 0.151 e. The van der Waals surface area contributed by atoms with E-state index >= 15 is 0 Å². The molecule has 1 fully saturated rings. The molecule has 0 saturated carbocycles. The van der Waals surface area contributed by atoms with Gasteiger partial charge in [0.1, 0.15) is 0 Å². The molecule has 0 spiro atoms. The smallest absolute Gasteiger partial charge is 0.151 e. The van der Waals surface area contributed by atoms with Crippen LogP contribution in [-0.4, -0.2) is 39.1 Å². The molecule has 0 amide bonds. The summed E-state index contributed by atoms with van der Waals surface area (Å²) in [5.41, 5.74) is 0.965. The number of benzene rings is 1. The Bertz CT molecular complexity index is 518. The van der Waals surface area contributed by atoms with Gasteiger partial charge in [-0.25, -0.2) is 8.42 Å². The summed E-state index contributed by atoms with van der Waals surface area (Å²) < 4.78 is 28.0. The van der Waals surface area contributed by atoms with Crippen molar-refractivity contribution in [2.45, 2.75) is 19.1 Å². The van der Waals surface area contributed by atoms with E-state index in [1.807, 2.05) is 24.3 Å². The lowest BCUT2D eigenvalue weighted by Crippen LogP contribution is -2.32. The zero-order valence-electron chi connectivity index (χ0n) is 10.6. The van der Waals surface area contributed by atoms with Crippen molar-refractivity contribution in [3.8, 4) is 0 Å². The van der Waals surface area contributed by atoms with Crippen molar-refractivity contribution in [1.82, 2.24) is 5.32 Å². The predicted molar refractivity (Wildman–Crippen MR) is 76.2 cm³/mol. The molecule has 0 bridgehead atoms. The van der Waals surface area contributed by atoms with E-state index in [-0.39, 0.29) is 11.8 Å². The van der Waals surface area contributed by atoms with E-state index in [0.717, 1.165) is 5.56 Å². The van der Waals surface area contributed by atoms with Gasteiger partial charge in [-0.3, -0.25) is 0 Å². The predicted octanol–water partition coefficient (Wildman–Crippen LogP) is 1.63. The second-order valence-corrected chi connectivity index (χ2v) is 7.33. The number of nitrogens with one attached hydrogen (secondary N) is 1. The molecule has 1 aliphatic rings. The molecule has 1 saturated heterocycles. The summed E-state index contributed by atoms with van der Waals surface area (Å²) in [7, 11) is -2.81. The van der Waals surface area contributed by atoms with E-state index in [1.54, 1.807) is 0 Å². The van der Waals surface area contributed by atoms with Crippen molar-refractivity contribution in [3.63, 3.8) is 0 Å². The molecule has 1 heterocycles. The Morgan fingerprint density at radius 2 is 2.16 bits per heavy atom. The van der Waals surface area contributed by atoms with Crippen molar-refractivity contribution in [2.24, 2.45) is 0 Å². The molecule has 2 rings (SSSR count). The van der Waals surface area contributed by atoms with Gasteiger partial charge in [0.2, 0.25) is 0 Å². The summed E-state index contributed by atoms with van der Waals surface area (Å²) in [6, 6.07) is 7.65. The number of sulfone groups is 1. The van der Waals surface area contributed by atoms with Crippen LogP contribution in [0.15, 0.2) is 24.3 Å². The Balaban J connectivity index is 1.62. The standard InChI is InChI=1S/C13H18ClNO3S/c14-13-4-2-1-3-11(13)9-18-7-6-15-12-5-8-19(16,17)10-12/h1-4,12,15H,5-10H2. The van der Waals surface area contributed by atoms with E-state index in [9.17, 15) is 8.42 Å². The maximum atomic E-state index is 11.3. The van der Waals surface area contributed by atoms with E-state index in [2.05, 4.69) is 5.32 Å². The van der Waals surface area contributed by atoms with Crippen molar-refractivity contribution in [1.29, 1.82) is 0 Å². The van der Waals surface area contributed by atoms with Gasteiger partial charge in [-0.2, -0.15) is 0 Å². The Hall–Kier alpha value is -0.620. The number of rotatable bonds is 6. The molecule has 4 nitrogen and oxygen atoms in total. The second-order valence-electron chi connectivity index (χ2n) is 4.70. The molecule has 1 aromatic rings. The Labute approximate surface area is 119 Å². The average Bonchev–Trinajstić information content (AvgIpc) is 2.71. The molecule has 1 atom stereocenters. The minimum atomic E-state index is -2.81. The summed E-state index contributed by atoms with van der Waals surface area (Å²) in [5.74, 6) is 0.544. The molecule has 1 unspecified atom stereocenters. The molecular weight excluding hydrogens is 286 g/mol. The maximum absolute atomic E-state index is 11.3. The van der Waals surface area contributed by atoms with E-state index < -0.39 is 9.84 Å². The monoisotopic (exact) mass is 303 g/mol. The molecule has 19 heavy (non-hydrogen) atoms. The van der Waals surface area contributed by atoms with Gasteiger partial charge in [-0.05, 0) is 18.1 Å². The summed E-state index contributed by atoms with van der Waals surface area (Å²) in [4.78, 5) is 0. The van der Waals surface area contributed by atoms with E-state index in [4.69, 9.17) is 16.3 Å². The van der Waals surface area contributed by atoms with Crippen LogP contribution in [0.5, 0.6) is 0 Å². The van der Waals surface area contributed by atoms with Crippen LogP contribution in [0.2, 0.25) is 5.02 Å². The Morgan fingerprint density at radius 1 is 1.37 bits per heavy atom. The van der Waals surface area contributed by atoms with Gasteiger partial charge < -0.3 is 10.1 Å². The molecule has 1 aromatic carbocycles. The first-order valence-corrected chi connectivity index (χ1v) is 8.52. The molecule has 0 aliphatic carbocycles. The Morgan fingerprint density at radius 3 is 2.84 bits per heavy atom. The number of halogens is 1. The first-order valence-electron chi connectivity index (χ1n) is 6.32. The van der Waals surface area contributed by atoms with Gasteiger partial charge in [-0.15, -0.1) is 0 Å². The lowest BCUT2D eigenvalue weighted by molar-refractivity contribution is 0.121. The van der Waals surface area contributed by atoms with Crippen LogP contribution in [0, 0.1) is 0 Å². The average molecular weight is 304 g/mol. The van der Waals surface area contributed by atoms with Crippen molar-refractivity contribution in [3.05, 3.63) is 34.9 Å². The van der Waals surface area contributed by atoms with Gasteiger partial charge in [0.15, 0.2) is 9.84 Å². The lowest BCUT2D eigenvalue weighted by Gasteiger charge is -2.11. The Kier molecular flexibility index (Phi) is 5.21. The van der Waals surface area contributed by atoms with Crippen molar-refractivity contribution < 1.29 is 13.2 Å². The third-order valence-corrected chi connectivity index (χ3v) is 5.26. The van der Waals surface area contributed by atoms with Gasteiger partial charge in [-0.1, -0.05) is 29.8 Å². The summed E-state index contributed by atoms with van der Waals surface area (Å²) >= 11 is 6.01. The van der Waals surface area contributed by atoms with Crippen LogP contribution in [-0.2, 0) is 21.2 Å². The third-order valence-electron chi connectivity index (χ3n) is 3.13.